The van der Waals surface area contributed by atoms with Gasteiger partial charge in [-0.2, -0.15) is 30.7 Å². The Balaban J connectivity index is 4.74. The molecule has 1 nitrogen and oxygen atoms in total. The average molecular weight is 230 g/mol. The van der Waals surface area contributed by atoms with Crippen molar-refractivity contribution >= 4 is 0 Å². The van der Waals surface area contributed by atoms with E-state index >= 15 is 0 Å². The number of ether oxygens (including phenoxy) is 1. The molecule has 14 heavy (non-hydrogen) atoms. The molecule has 0 spiro atoms. The van der Waals surface area contributed by atoms with Gasteiger partial charge in [-0.25, -0.2) is 9.13 Å². The summed E-state index contributed by atoms with van der Waals surface area (Å²) in [5, 5.41) is 0. The highest BCUT2D eigenvalue weighted by atomic mass is 19.3. The highest BCUT2D eigenvalue weighted by molar-refractivity contribution is 5.00. The molecule has 0 aromatic rings. The topological polar surface area (TPSA) is 9.23 Å². The normalized spacial score (nSPS) is 12.9. The Hall–Kier alpha value is -0.860. The van der Waals surface area contributed by atoms with Gasteiger partial charge < -0.3 is 0 Å². The lowest BCUT2D eigenvalue weighted by atomic mass is 10.5. The molecule has 0 aliphatic carbocycles. The molecule has 0 rings (SSSR count). The van der Waals surface area contributed by atoms with Gasteiger partial charge in [0.25, 0.3) is 5.83 Å². The minimum absolute atomic E-state index is 2.24. The minimum atomic E-state index is -5.56. The van der Waals surface area contributed by atoms with Gasteiger partial charge in [-0.1, -0.05) is 0 Å². The van der Waals surface area contributed by atoms with Crippen molar-refractivity contribution < 1.29 is 39.9 Å². The SMILES string of the molecule is FCC(F)(F)OC(F)(F)C(F)=C(F)F. The number of hydrogen-bond donors (Lipinski definition) is 0. The molecule has 0 N–H and O–H groups in total. The zero-order valence-electron chi connectivity index (χ0n) is 6.14. The van der Waals surface area contributed by atoms with Crippen LogP contribution in [0.25, 0.3) is 0 Å². The molecule has 0 amide bonds. The standard InChI is InChI=1S/C5H2F8O/c6-1-4(10,11)14-5(12,13)2(7)3(8)9/h1H2. The van der Waals surface area contributed by atoms with Gasteiger partial charge in [0.15, 0.2) is 6.67 Å². The van der Waals surface area contributed by atoms with Crippen LogP contribution < -0.4 is 0 Å². The second-order valence-electron chi connectivity index (χ2n) is 1.96. The van der Waals surface area contributed by atoms with Crippen molar-refractivity contribution in [1.29, 1.82) is 0 Å². The van der Waals surface area contributed by atoms with Gasteiger partial charge in [-0.05, 0) is 0 Å². The summed E-state index contributed by atoms with van der Waals surface area (Å²) in [6, 6.07) is 0. The maximum Gasteiger partial charge on any atom is 0.419 e. The Morgan fingerprint density at radius 2 is 1.43 bits per heavy atom. The molecule has 0 heterocycles. The largest absolute Gasteiger partial charge is 0.419 e. The molecule has 0 aliphatic heterocycles. The summed E-state index contributed by atoms with van der Waals surface area (Å²) >= 11 is 0. The summed E-state index contributed by atoms with van der Waals surface area (Å²) in [6.07, 6.45) is -14.1. The summed E-state index contributed by atoms with van der Waals surface area (Å²) in [5.74, 6) is -3.48. The smallest absolute Gasteiger partial charge is 0.247 e. The maximum atomic E-state index is 12.0. The number of alkyl halides is 5. The molecule has 0 atom stereocenters. The third kappa shape index (κ3) is 3.48. The average Bonchev–Trinajstić information content (AvgIpc) is 2.01. The predicted molar refractivity (Wildman–Crippen MR) is 27.3 cm³/mol. The van der Waals surface area contributed by atoms with Gasteiger partial charge in [0.2, 0.25) is 0 Å². The molecule has 0 fully saturated rings. The van der Waals surface area contributed by atoms with Gasteiger partial charge in [-0.3, -0.25) is 0 Å². The molecule has 0 aromatic carbocycles. The van der Waals surface area contributed by atoms with E-state index in [0.717, 1.165) is 0 Å². The lowest BCUT2D eigenvalue weighted by Gasteiger charge is -2.19. The van der Waals surface area contributed by atoms with Crippen molar-refractivity contribution in [1.82, 2.24) is 0 Å². The molecule has 0 unspecified atom stereocenters. The monoisotopic (exact) mass is 230 g/mol. The fourth-order valence-corrected chi connectivity index (χ4v) is 0.370. The first-order valence-electron chi connectivity index (χ1n) is 2.85. The molecule has 0 saturated carbocycles. The molecule has 0 aromatic heterocycles. The lowest BCUT2D eigenvalue weighted by molar-refractivity contribution is -0.367. The van der Waals surface area contributed by atoms with E-state index in [1.165, 1.54) is 0 Å². The number of hydrogen-bond acceptors (Lipinski definition) is 1. The third-order valence-electron chi connectivity index (χ3n) is 0.855. The summed E-state index contributed by atoms with van der Waals surface area (Å²) < 4.78 is 95.1. The molecule has 0 bridgehead atoms. The third-order valence-corrected chi connectivity index (χ3v) is 0.855. The van der Waals surface area contributed by atoms with Crippen LogP contribution in [0.5, 0.6) is 0 Å². The number of rotatable bonds is 4. The summed E-state index contributed by atoms with van der Waals surface area (Å²) in [5.41, 5.74) is 0. The zero-order chi connectivity index (χ0) is 11.6. The fourth-order valence-electron chi connectivity index (χ4n) is 0.370. The van der Waals surface area contributed by atoms with Crippen molar-refractivity contribution in [2.75, 3.05) is 6.67 Å². The number of halogens is 8. The van der Waals surface area contributed by atoms with Crippen molar-refractivity contribution in [2.24, 2.45) is 0 Å². The van der Waals surface area contributed by atoms with Gasteiger partial charge in [0, 0.05) is 0 Å². The first kappa shape index (κ1) is 13.1. The van der Waals surface area contributed by atoms with E-state index in [4.69, 9.17) is 0 Å². The van der Waals surface area contributed by atoms with Gasteiger partial charge >= 0.3 is 18.3 Å². The Kier molecular flexibility index (Phi) is 3.86. The van der Waals surface area contributed by atoms with Gasteiger partial charge in [0.1, 0.15) is 0 Å². The van der Waals surface area contributed by atoms with Gasteiger partial charge in [-0.15, -0.1) is 0 Å². The maximum absolute atomic E-state index is 12.0. The summed E-state index contributed by atoms with van der Waals surface area (Å²) in [6.45, 7) is -2.69. The molecular weight excluding hydrogens is 228 g/mol. The minimum Gasteiger partial charge on any atom is -0.247 e. The van der Waals surface area contributed by atoms with E-state index in [1.54, 1.807) is 0 Å². The molecule has 0 saturated heterocycles. The highest BCUT2D eigenvalue weighted by Crippen LogP contribution is 2.35. The van der Waals surface area contributed by atoms with Crippen LogP contribution in [-0.4, -0.2) is 18.9 Å². The summed E-state index contributed by atoms with van der Waals surface area (Å²) in [7, 11) is 0. The van der Waals surface area contributed by atoms with Crippen molar-refractivity contribution in [3.8, 4) is 0 Å². The second-order valence-corrected chi connectivity index (χ2v) is 1.96. The quantitative estimate of drug-likeness (QED) is 0.673. The first-order chi connectivity index (χ1) is 6.12. The molecule has 9 heteroatoms. The van der Waals surface area contributed by atoms with Gasteiger partial charge in [0.05, 0.1) is 0 Å². The first-order valence-corrected chi connectivity index (χ1v) is 2.85. The van der Waals surface area contributed by atoms with E-state index in [2.05, 4.69) is 4.74 Å². The summed E-state index contributed by atoms with van der Waals surface area (Å²) in [4.78, 5) is 0. The second kappa shape index (κ2) is 4.11. The van der Waals surface area contributed by atoms with Crippen LogP contribution in [0.15, 0.2) is 11.9 Å². The lowest BCUT2D eigenvalue weighted by Crippen LogP contribution is -2.35. The van der Waals surface area contributed by atoms with Crippen molar-refractivity contribution in [3.63, 3.8) is 0 Å². The molecular formula is C5H2F8O. The van der Waals surface area contributed by atoms with Crippen LogP contribution in [0.3, 0.4) is 0 Å². The molecule has 0 aliphatic rings. The van der Waals surface area contributed by atoms with E-state index in [-0.39, 0.29) is 0 Å². The van der Waals surface area contributed by atoms with Crippen molar-refractivity contribution in [2.45, 2.75) is 12.2 Å². The Morgan fingerprint density at radius 3 is 1.71 bits per heavy atom. The van der Waals surface area contributed by atoms with E-state index in [1.807, 2.05) is 0 Å². The van der Waals surface area contributed by atoms with Crippen LogP contribution in [0.1, 0.15) is 0 Å². The van der Waals surface area contributed by atoms with E-state index < -0.39 is 30.8 Å². The van der Waals surface area contributed by atoms with E-state index in [0.29, 0.717) is 0 Å². The highest BCUT2D eigenvalue weighted by Gasteiger charge is 2.50. The van der Waals surface area contributed by atoms with E-state index in [9.17, 15) is 35.1 Å². The zero-order valence-corrected chi connectivity index (χ0v) is 6.14. The van der Waals surface area contributed by atoms with Crippen LogP contribution in [0, 0.1) is 0 Å². The van der Waals surface area contributed by atoms with Crippen LogP contribution in [0.4, 0.5) is 35.1 Å². The van der Waals surface area contributed by atoms with Crippen LogP contribution in [-0.2, 0) is 4.74 Å². The Morgan fingerprint density at radius 1 is 1.00 bits per heavy atom. The fraction of sp³-hybridized carbons (Fsp3) is 0.600. The molecule has 0 radical (unpaired) electrons. The Labute approximate surface area is 71.9 Å². The molecule has 84 valence electrons. The van der Waals surface area contributed by atoms with Crippen LogP contribution in [0.2, 0.25) is 0 Å². The van der Waals surface area contributed by atoms with Crippen LogP contribution >= 0.6 is 0 Å². The van der Waals surface area contributed by atoms with Crippen molar-refractivity contribution in [3.05, 3.63) is 11.9 Å². The predicted octanol–water partition coefficient (Wildman–Crippen LogP) is 3.24. The Bertz CT molecular complexity index is 230.